The quantitative estimate of drug-likeness (QED) is 0.620. The fraction of sp³-hybridized carbons (Fsp3) is 0.562. The Morgan fingerprint density at radius 2 is 2.00 bits per heavy atom. The number of nitrogens with zero attached hydrogens (tertiary/aromatic N) is 2. The zero-order valence-corrected chi connectivity index (χ0v) is 13.9. The highest BCUT2D eigenvalue weighted by atomic mass is 16.6. The van der Waals surface area contributed by atoms with Crippen molar-refractivity contribution in [1.29, 1.82) is 0 Å². The molecule has 1 aromatic carbocycles. The van der Waals surface area contributed by atoms with E-state index in [2.05, 4.69) is 26.1 Å². The van der Waals surface area contributed by atoms with Crippen LogP contribution in [-0.2, 0) is 4.79 Å². The van der Waals surface area contributed by atoms with Gasteiger partial charge in [0.25, 0.3) is 5.69 Å². The van der Waals surface area contributed by atoms with Gasteiger partial charge >= 0.3 is 0 Å². The molecule has 0 aliphatic heterocycles. The molecule has 22 heavy (non-hydrogen) atoms. The molecule has 1 atom stereocenters. The minimum atomic E-state index is -0.478. The normalized spacial score (nSPS) is 12.5. The number of aryl methyl sites for hydroxylation is 1. The molecule has 0 aliphatic carbocycles. The predicted octanol–water partition coefficient (Wildman–Crippen LogP) is 3.21. The molecule has 0 saturated carbocycles. The maximum Gasteiger partial charge on any atom is 0.293 e. The van der Waals surface area contributed by atoms with Gasteiger partial charge in [-0.1, -0.05) is 26.0 Å². The van der Waals surface area contributed by atoms with Crippen LogP contribution in [0.5, 0.6) is 0 Å². The van der Waals surface area contributed by atoms with Gasteiger partial charge in [0.1, 0.15) is 5.69 Å². The van der Waals surface area contributed by atoms with Crippen molar-refractivity contribution in [3.63, 3.8) is 0 Å². The molecule has 1 amide bonds. The van der Waals surface area contributed by atoms with Crippen LogP contribution in [0.25, 0.3) is 0 Å². The Kier molecular flexibility index (Phi) is 6.49. The lowest BCUT2D eigenvalue weighted by Gasteiger charge is -2.25. The van der Waals surface area contributed by atoms with Crippen molar-refractivity contribution >= 4 is 17.3 Å². The van der Waals surface area contributed by atoms with Crippen LogP contribution in [-0.4, -0.2) is 35.4 Å². The number of anilines is 1. The second kappa shape index (κ2) is 7.89. The van der Waals surface area contributed by atoms with E-state index in [1.54, 1.807) is 19.1 Å². The van der Waals surface area contributed by atoms with Crippen LogP contribution in [0.15, 0.2) is 18.2 Å². The van der Waals surface area contributed by atoms with Gasteiger partial charge in [0.15, 0.2) is 0 Å². The van der Waals surface area contributed by atoms with Gasteiger partial charge in [-0.25, -0.2) is 0 Å². The zero-order valence-electron chi connectivity index (χ0n) is 13.9. The van der Waals surface area contributed by atoms with Crippen molar-refractivity contribution in [3.05, 3.63) is 33.9 Å². The van der Waals surface area contributed by atoms with Crippen LogP contribution in [0.3, 0.4) is 0 Å². The Labute approximate surface area is 131 Å². The maximum atomic E-state index is 12.2. The van der Waals surface area contributed by atoms with Gasteiger partial charge in [-0.2, -0.15) is 0 Å². The summed E-state index contributed by atoms with van der Waals surface area (Å²) in [4.78, 5) is 24.7. The summed E-state index contributed by atoms with van der Waals surface area (Å²) >= 11 is 0. The van der Waals surface area contributed by atoms with Gasteiger partial charge in [-0.3, -0.25) is 19.8 Å². The van der Waals surface area contributed by atoms with Gasteiger partial charge in [-0.15, -0.1) is 0 Å². The third-order valence-electron chi connectivity index (χ3n) is 3.67. The summed E-state index contributed by atoms with van der Waals surface area (Å²) in [5.41, 5.74) is 0.883. The van der Waals surface area contributed by atoms with E-state index in [1.165, 1.54) is 6.07 Å². The number of likely N-dealkylation sites (N-methyl/N-ethyl adjacent to an activating group) is 1. The third kappa shape index (κ3) is 5.11. The van der Waals surface area contributed by atoms with Gasteiger partial charge in [0, 0.05) is 12.1 Å². The first-order chi connectivity index (χ1) is 10.2. The molecular weight excluding hydrogens is 282 g/mol. The van der Waals surface area contributed by atoms with Crippen LogP contribution in [0.1, 0.15) is 32.8 Å². The van der Waals surface area contributed by atoms with E-state index in [4.69, 9.17) is 0 Å². The number of carbonyl (C=O) groups is 1. The molecule has 0 aromatic heterocycles. The van der Waals surface area contributed by atoms with E-state index in [9.17, 15) is 14.9 Å². The minimum absolute atomic E-state index is 0.0776. The Balaban J connectivity index is 2.76. The van der Waals surface area contributed by atoms with E-state index in [0.717, 1.165) is 6.42 Å². The Hall–Kier alpha value is -1.95. The summed E-state index contributed by atoms with van der Waals surface area (Å²) in [5, 5.41) is 13.7. The van der Waals surface area contributed by atoms with Crippen molar-refractivity contribution in [2.75, 3.05) is 18.9 Å². The summed E-state index contributed by atoms with van der Waals surface area (Å²) in [7, 11) is 1.89. The molecule has 0 radical (unpaired) electrons. The molecule has 0 bridgehead atoms. The number of para-hydroxylation sites is 1. The molecular formula is C16H25N3O3. The van der Waals surface area contributed by atoms with Crippen LogP contribution in [0.4, 0.5) is 11.4 Å². The molecule has 122 valence electrons. The van der Waals surface area contributed by atoms with Crippen molar-refractivity contribution in [1.82, 2.24) is 4.90 Å². The van der Waals surface area contributed by atoms with Crippen molar-refractivity contribution in [2.24, 2.45) is 5.92 Å². The molecule has 0 aliphatic rings. The Bertz CT molecular complexity index is 543. The topological polar surface area (TPSA) is 75.5 Å². The van der Waals surface area contributed by atoms with Crippen LogP contribution < -0.4 is 5.32 Å². The average molecular weight is 307 g/mol. The number of nitro benzene ring substituents is 1. The molecule has 1 rings (SSSR count). The van der Waals surface area contributed by atoms with Gasteiger partial charge in [0.2, 0.25) is 5.91 Å². The lowest BCUT2D eigenvalue weighted by atomic mass is 10.0. The summed E-state index contributed by atoms with van der Waals surface area (Å²) in [6, 6.07) is 5.03. The Morgan fingerprint density at radius 1 is 1.36 bits per heavy atom. The van der Waals surface area contributed by atoms with E-state index < -0.39 is 4.92 Å². The number of hydrogen-bond acceptors (Lipinski definition) is 4. The number of amides is 1. The number of nitrogens with one attached hydrogen (secondary N) is 1. The minimum Gasteiger partial charge on any atom is -0.319 e. The SMILES string of the molecule is Cc1cccc([N+](=O)[O-])c1NC(=O)CN(C)C(C)CC(C)C. The summed E-state index contributed by atoms with van der Waals surface area (Å²) < 4.78 is 0. The molecule has 0 spiro atoms. The average Bonchev–Trinajstić information content (AvgIpc) is 2.39. The summed E-state index contributed by atoms with van der Waals surface area (Å²) in [6.45, 7) is 8.30. The first-order valence-corrected chi connectivity index (χ1v) is 7.46. The predicted molar refractivity (Wildman–Crippen MR) is 88.0 cm³/mol. The van der Waals surface area contributed by atoms with Crippen LogP contribution in [0, 0.1) is 23.0 Å². The van der Waals surface area contributed by atoms with Crippen LogP contribution in [0.2, 0.25) is 0 Å². The summed E-state index contributed by atoms with van der Waals surface area (Å²) in [5.74, 6) is 0.313. The van der Waals surface area contributed by atoms with Gasteiger partial charge in [-0.05, 0) is 38.8 Å². The van der Waals surface area contributed by atoms with Crippen molar-refractivity contribution in [2.45, 2.75) is 40.2 Å². The number of hydrogen-bond donors (Lipinski definition) is 1. The molecule has 6 nitrogen and oxygen atoms in total. The van der Waals surface area contributed by atoms with Gasteiger partial charge in [0.05, 0.1) is 11.5 Å². The third-order valence-corrected chi connectivity index (χ3v) is 3.67. The van der Waals surface area contributed by atoms with Crippen molar-refractivity contribution < 1.29 is 9.72 Å². The van der Waals surface area contributed by atoms with E-state index in [1.807, 2.05) is 11.9 Å². The van der Waals surface area contributed by atoms with E-state index >= 15 is 0 Å². The van der Waals surface area contributed by atoms with Crippen LogP contribution >= 0.6 is 0 Å². The van der Waals surface area contributed by atoms with Crippen molar-refractivity contribution in [3.8, 4) is 0 Å². The maximum absolute atomic E-state index is 12.2. The highest BCUT2D eigenvalue weighted by Crippen LogP contribution is 2.27. The zero-order chi connectivity index (χ0) is 16.9. The molecule has 0 saturated heterocycles. The smallest absolute Gasteiger partial charge is 0.293 e. The molecule has 6 heteroatoms. The molecule has 0 heterocycles. The lowest BCUT2D eigenvalue weighted by molar-refractivity contribution is -0.384. The molecule has 1 N–H and O–H groups in total. The Morgan fingerprint density at radius 3 is 2.55 bits per heavy atom. The first-order valence-electron chi connectivity index (χ1n) is 7.46. The number of benzene rings is 1. The van der Waals surface area contributed by atoms with Gasteiger partial charge < -0.3 is 5.32 Å². The fourth-order valence-corrected chi connectivity index (χ4v) is 2.39. The second-order valence-electron chi connectivity index (χ2n) is 6.17. The molecule has 1 aromatic rings. The number of rotatable bonds is 7. The standard InChI is InChI=1S/C16H25N3O3/c1-11(2)9-13(4)18(5)10-15(20)17-16-12(3)7-6-8-14(16)19(21)22/h6-8,11,13H,9-10H2,1-5H3,(H,17,20). The monoisotopic (exact) mass is 307 g/mol. The van der Waals surface area contributed by atoms with E-state index in [0.29, 0.717) is 11.5 Å². The highest BCUT2D eigenvalue weighted by Gasteiger charge is 2.19. The highest BCUT2D eigenvalue weighted by molar-refractivity contribution is 5.95. The summed E-state index contributed by atoms with van der Waals surface area (Å²) in [6.07, 6.45) is 0.994. The second-order valence-corrected chi connectivity index (χ2v) is 6.17. The first kappa shape index (κ1) is 18.1. The molecule has 1 unspecified atom stereocenters. The fourth-order valence-electron chi connectivity index (χ4n) is 2.39. The number of carbonyl (C=O) groups excluding carboxylic acids is 1. The number of nitro groups is 1. The molecule has 0 fully saturated rings. The lowest BCUT2D eigenvalue weighted by Crippen LogP contribution is -2.37. The largest absolute Gasteiger partial charge is 0.319 e. The van der Waals surface area contributed by atoms with E-state index in [-0.39, 0.29) is 29.9 Å².